The van der Waals surface area contributed by atoms with Gasteiger partial charge in [0.1, 0.15) is 5.75 Å². The van der Waals surface area contributed by atoms with Crippen molar-refractivity contribution in [1.29, 1.82) is 0 Å². The van der Waals surface area contributed by atoms with Crippen LogP contribution in [0.2, 0.25) is 5.02 Å². The maximum atomic E-state index is 12.6. The van der Waals surface area contributed by atoms with Crippen LogP contribution in [0.15, 0.2) is 30.3 Å². The third-order valence-corrected chi connectivity index (χ3v) is 5.65. The smallest absolute Gasteiger partial charge is 0.455 e. The number of amides is 1. The van der Waals surface area contributed by atoms with Crippen LogP contribution in [0.3, 0.4) is 0 Å². The number of hydrogen-bond donors (Lipinski definition) is 0. The van der Waals surface area contributed by atoms with Gasteiger partial charge in [-0.25, -0.2) is 0 Å². The molecule has 0 N–H and O–H groups in total. The summed E-state index contributed by atoms with van der Waals surface area (Å²) in [6.45, 7) is 1.80. The number of ether oxygens (including phenoxy) is 1. The highest BCUT2D eigenvalue weighted by atomic mass is 35.5. The summed E-state index contributed by atoms with van der Waals surface area (Å²) in [4.78, 5) is 27.1. The van der Waals surface area contributed by atoms with Crippen molar-refractivity contribution < 1.29 is 27.5 Å². The number of piperazine rings is 1. The van der Waals surface area contributed by atoms with E-state index < -0.39 is 16.8 Å². The molecule has 2 aromatic rings. The summed E-state index contributed by atoms with van der Waals surface area (Å²) >= 11 is 6.62. The molecule has 28 heavy (non-hydrogen) atoms. The van der Waals surface area contributed by atoms with E-state index in [0.717, 1.165) is 11.8 Å². The number of hydrogen-bond acceptors (Lipinski definition) is 5. The van der Waals surface area contributed by atoms with Gasteiger partial charge in [0, 0.05) is 31.2 Å². The van der Waals surface area contributed by atoms with Gasteiger partial charge in [0.2, 0.25) is 0 Å². The SMILES string of the molecule is COc1ccc(Cl)cc1N1CCN(C(=O)c2ccc(C(=O)C(F)(F)F)s2)CC1. The molecule has 10 heteroatoms. The molecule has 1 amide bonds. The van der Waals surface area contributed by atoms with Crippen molar-refractivity contribution in [2.45, 2.75) is 6.18 Å². The van der Waals surface area contributed by atoms with E-state index in [2.05, 4.69) is 0 Å². The van der Waals surface area contributed by atoms with Gasteiger partial charge in [-0.3, -0.25) is 9.59 Å². The number of halogens is 4. The number of benzene rings is 1. The van der Waals surface area contributed by atoms with Crippen LogP contribution in [-0.4, -0.2) is 56.1 Å². The van der Waals surface area contributed by atoms with Crippen molar-refractivity contribution in [3.8, 4) is 5.75 Å². The molecule has 1 saturated heterocycles. The second-order valence-electron chi connectivity index (χ2n) is 6.09. The molecule has 3 rings (SSSR count). The van der Waals surface area contributed by atoms with Crippen molar-refractivity contribution in [2.24, 2.45) is 0 Å². The Kier molecular flexibility index (Phi) is 5.85. The first-order chi connectivity index (χ1) is 13.2. The van der Waals surface area contributed by atoms with Crippen molar-refractivity contribution in [3.63, 3.8) is 0 Å². The van der Waals surface area contributed by atoms with Gasteiger partial charge >= 0.3 is 6.18 Å². The van der Waals surface area contributed by atoms with E-state index in [9.17, 15) is 22.8 Å². The number of ketones is 1. The number of nitrogens with zero attached hydrogens (tertiary/aromatic N) is 2. The number of carbonyl (C=O) groups excluding carboxylic acids is 2. The molecule has 150 valence electrons. The maximum absolute atomic E-state index is 12.6. The zero-order valence-corrected chi connectivity index (χ0v) is 16.3. The van der Waals surface area contributed by atoms with Crippen LogP contribution in [0, 0.1) is 0 Å². The van der Waals surface area contributed by atoms with Gasteiger partial charge in [-0.05, 0) is 30.3 Å². The van der Waals surface area contributed by atoms with Gasteiger partial charge in [0.15, 0.2) is 0 Å². The third-order valence-electron chi connectivity index (χ3n) is 4.35. The summed E-state index contributed by atoms with van der Waals surface area (Å²) < 4.78 is 42.9. The molecule has 0 bridgehead atoms. The lowest BCUT2D eigenvalue weighted by Crippen LogP contribution is -2.48. The van der Waals surface area contributed by atoms with Crippen molar-refractivity contribution in [2.75, 3.05) is 38.2 Å². The maximum Gasteiger partial charge on any atom is 0.455 e. The fraction of sp³-hybridized carbons (Fsp3) is 0.333. The Labute approximate surface area is 168 Å². The summed E-state index contributed by atoms with van der Waals surface area (Å²) in [5.41, 5.74) is 0.816. The highest BCUT2D eigenvalue weighted by molar-refractivity contribution is 7.16. The second-order valence-corrected chi connectivity index (χ2v) is 7.61. The van der Waals surface area contributed by atoms with Gasteiger partial charge in [-0.2, -0.15) is 13.2 Å². The Morgan fingerprint density at radius 3 is 2.32 bits per heavy atom. The molecule has 1 aliphatic heterocycles. The van der Waals surface area contributed by atoms with Crippen LogP contribution in [0.5, 0.6) is 5.75 Å². The average molecular weight is 433 g/mol. The average Bonchev–Trinajstić information content (AvgIpc) is 3.16. The minimum Gasteiger partial charge on any atom is -0.495 e. The number of thiophene rings is 1. The monoisotopic (exact) mass is 432 g/mol. The molecule has 1 aliphatic rings. The van der Waals surface area contributed by atoms with Crippen LogP contribution < -0.4 is 9.64 Å². The van der Waals surface area contributed by atoms with Crippen LogP contribution in [-0.2, 0) is 0 Å². The number of rotatable bonds is 4. The van der Waals surface area contributed by atoms with E-state index in [1.807, 2.05) is 4.90 Å². The number of methoxy groups -OCH3 is 1. The molecule has 0 saturated carbocycles. The van der Waals surface area contributed by atoms with E-state index in [-0.39, 0.29) is 10.8 Å². The molecular formula is C18H16ClF3N2O3S. The Hall–Kier alpha value is -2.26. The molecule has 5 nitrogen and oxygen atoms in total. The van der Waals surface area contributed by atoms with E-state index >= 15 is 0 Å². The van der Waals surface area contributed by atoms with Crippen LogP contribution >= 0.6 is 22.9 Å². The quantitative estimate of drug-likeness (QED) is 0.682. The molecular weight excluding hydrogens is 417 g/mol. The molecule has 0 radical (unpaired) electrons. The van der Waals surface area contributed by atoms with Gasteiger partial charge in [-0.15, -0.1) is 11.3 Å². The van der Waals surface area contributed by atoms with Crippen LogP contribution in [0.1, 0.15) is 19.3 Å². The zero-order valence-electron chi connectivity index (χ0n) is 14.8. The number of Topliss-reactive ketones (excluding diaryl/α,β-unsaturated/α-hetero) is 1. The molecule has 1 aromatic carbocycles. The second kappa shape index (κ2) is 8.00. The van der Waals surface area contributed by atoms with Crippen molar-refractivity contribution in [3.05, 3.63) is 45.1 Å². The van der Waals surface area contributed by atoms with E-state index in [1.165, 1.54) is 6.07 Å². The Bertz CT molecular complexity index is 892. The molecule has 1 aromatic heterocycles. The summed E-state index contributed by atoms with van der Waals surface area (Å²) in [6.07, 6.45) is -4.95. The number of alkyl halides is 3. The zero-order chi connectivity index (χ0) is 20.5. The number of carbonyl (C=O) groups is 2. The first kappa shape index (κ1) is 20.5. The van der Waals surface area contributed by atoms with E-state index in [0.29, 0.717) is 48.3 Å². The van der Waals surface area contributed by atoms with Crippen molar-refractivity contribution >= 4 is 40.3 Å². The third kappa shape index (κ3) is 4.25. The van der Waals surface area contributed by atoms with Gasteiger partial charge in [0.05, 0.1) is 22.6 Å². The molecule has 0 atom stereocenters. The van der Waals surface area contributed by atoms with E-state index in [4.69, 9.17) is 16.3 Å². The Morgan fingerprint density at radius 1 is 1.07 bits per heavy atom. The topological polar surface area (TPSA) is 49.9 Å². The first-order valence-corrected chi connectivity index (χ1v) is 9.49. The molecule has 1 fully saturated rings. The van der Waals surface area contributed by atoms with Crippen LogP contribution in [0.4, 0.5) is 18.9 Å². The molecule has 0 spiro atoms. The Morgan fingerprint density at radius 2 is 1.71 bits per heavy atom. The summed E-state index contributed by atoms with van der Waals surface area (Å²) in [5.74, 6) is -1.66. The minimum atomic E-state index is -4.95. The molecule has 2 heterocycles. The fourth-order valence-corrected chi connectivity index (χ4v) is 4.03. The summed E-state index contributed by atoms with van der Waals surface area (Å²) in [5, 5.41) is 0.565. The standard InChI is InChI=1S/C18H16ClF3N2O3S/c1-27-13-3-2-11(19)10-12(13)23-6-8-24(9-7-23)17(26)15-5-4-14(28-15)16(25)18(20,21)22/h2-5,10H,6-9H2,1H3. The lowest BCUT2D eigenvalue weighted by Gasteiger charge is -2.36. The predicted octanol–water partition coefficient (Wildman–Crippen LogP) is 4.12. The largest absolute Gasteiger partial charge is 0.495 e. The summed E-state index contributed by atoms with van der Waals surface area (Å²) in [7, 11) is 1.56. The highest BCUT2D eigenvalue weighted by Gasteiger charge is 2.40. The van der Waals surface area contributed by atoms with Gasteiger partial charge < -0.3 is 14.5 Å². The number of anilines is 1. The predicted molar refractivity (Wildman–Crippen MR) is 101 cm³/mol. The lowest BCUT2D eigenvalue weighted by atomic mass is 10.2. The van der Waals surface area contributed by atoms with Crippen molar-refractivity contribution in [1.82, 2.24) is 4.90 Å². The molecule has 0 aliphatic carbocycles. The fourth-order valence-electron chi connectivity index (χ4n) is 2.93. The minimum absolute atomic E-state index is 0.112. The van der Waals surface area contributed by atoms with E-state index in [1.54, 1.807) is 30.2 Å². The summed E-state index contributed by atoms with van der Waals surface area (Å²) in [6, 6.07) is 7.58. The first-order valence-electron chi connectivity index (χ1n) is 8.30. The van der Waals surface area contributed by atoms with Gasteiger partial charge in [-0.1, -0.05) is 11.6 Å². The van der Waals surface area contributed by atoms with Gasteiger partial charge in [0.25, 0.3) is 11.7 Å². The molecule has 0 unspecified atom stereocenters. The van der Waals surface area contributed by atoms with Crippen LogP contribution in [0.25, 0.3) is 0 Å². The Balaban J connectivity index is 1.67. The highest BCUT2D eigenvalue weighted by Crippen LogP contribution is 2.32. The lowest BCUT2D eigenvalue weighted by molar-refractivity contribution is -0.0882. The normalized spacial score (nSPS) is 14.9.